The quantitative estimate of drug-likeness (QED) is 0.640. The largest absolute Gasteiger partial charge is 0.378 e. The van der Waals surface area contributed by atoms with E-state index < -0.39 is 0 Å². The molecule has 0 atom stereocenters. The molecule has 3 aromatic carbocycles. The van der Waals surface area contributed by atoms with Crippen LogP contribution in [-0.4, -0.2) is 56.0 Å². The molecule has 0 N–H and O–H groups in total. The molecule has 0 radical (unpaired) electrons. The highest BCUT2D eigenvalue weighted by atomic mass is 16.2. The van der Waals surface area contributed by atoms with Gasteiger partial charge in [-0.15, -0.1) is 0 Å². The van der Waals surface area contributed by atoms with Crippen LogP contribution < -0.4 is 4.90 Å². The van der Waals surface area contributed by atoms with Crippen LogP contribution in [0.4, 0.5) is 5.69 Å². The Balaban J connectivity index is 1.50. The van der Waals surface area contributed by atoms with Gasteiger partial charge in [-0.2, -0.15) is 0 Å². The molecule has 0 saturated carbocycles. The van der Waals surface area contributed by atoms with Crippen molar-refractivity contribution < 1.29 is 4.79 Å². The summed E-state index contributed by atoms with van der Waals surface area (Å²) in [7, 11) is 3.99. The third-order valence-electron chi connectivity index (χ3n) is 5.81. The first-order valence-corrected chi connectivity index (χ1v) is 10.5. The molecule has 0 aliphatic carbocycles. The predicted molar refractivity (Wildman–Crippen MR) is 123 cm³/mol. The van der Waals surface area contributed by atoms with Crippen molar-refractivity contribution in [1.29, 1.82) is 0 Å². The van der Waals surface area contributed by atoms with E-state index in [9.17, 15) is 4.79 Å². The second kappa shape index (κ2) is 9.14. The maximum atomic E-state index is 13.1. The molecule has 0 aromatic heterocycles. The van der Waals surface area contributed by atoms with E-state index in [1.165, 1.54) is 11.1 Å². The summed E-state index contributed by atoms with van der Waals surface area (Å²) in [6.07, 6.45) is 0. The van der Waals surface area contributed by atoms with E-state index in [0.29, 0.717) is 0 Å². The molecule has 1 saturated heterocycles. The molecule has 1 fully saturated rings. The number of carbonyl (C=O) groups excluding carboxylic acids is 1. The molecule has 4 heteroatoms. The van der Waals surface area contributed by atoms with Crippen LogP contribution in [0.2, 0.25) is 0 Å². The molecule has 0 unspecified atom stereocenters. The van der Waals surface area contributed by atoms with E-state index in [0.717, 1.165) is 37.4 Å². The molecular weight excluding hydrogens is 370 g/mol. The van der Waals surface area contributed by atoms with Gasteiger partial charge in [-0.1, -0.05) is 66.7 Å². The van der Waals surface area contributed by atoms with E-state index in [2.05, 4.69) is 65.6 Å². The second-order valence-corrected chi connectivity index (χ2v) is 8.00. The summed E-state index contributed by atoms with van der Waals surface area (Å²) in [6, 6.07) is 29.4. The number of hydrogen-bond acceptors (Lipinski definition) is 3. The zero-order valence-electron chi connectivity index (χ0n) is 17.7. The summed E-state index contributed by atoms with van der Waals surface area (Å²) >= 11 is 0. The minimum atomic E-state index is 0.120. The van der Waals surface area contributed by atoms with E-state index in [-0.39, 0.29) is 11.9 Å². The van der Waals surface area contributed by atoms with Crippen molar-refractivity contribution in [2.75, 3.05) is 45.2 Å². The van der Waals surface area contributed by atoms with Gasteiger partial charge in [0.05, 0.1) is 6.04 Å². The van der Waals surface area contributed by atoms with E-state index >= 15 is 0 Å². The van der Waals surface area contributed by atoms with Crippen molar-refractivity contribution in [3.8, 4) is 0 Å². The highest BCUT2D eigenvalue weighted by molar-refractivity contribution is 5.95. The van der Waals surface area contributed by atoms with Crippen molar-refractivity contribution in [1.82, 2.24) is 9.80 Å². The monoisotopic (exact) mass is 399 g/mol. The number of carbonyl (C=O) groups is 1. The van der Waals surface area contributed by atoms with Crippen LogP contribution in [0.15, 0.2) is 84.9 Å². The summed E-state index contributed by atoms with van der Waals surface area (Å²) in [5, 5.41) is 0. The maximum absolute atomic E-state index is 13.1. The van der Waals surface area contributed by atoms with Crippen LogP contribution in [0.3, 0.4) is 0 Å². The first kappa shape index (κ1) is 20.2. The standard InChI is InChI=1S/C26H29N3O/c1-27(2)24-15-9-14-23(20-24)26(30)29-18-16-28(17-19-29)25(21-10-5-3-6-11-21)22-12-7-4-8-13-22/h3-15,20,25H,16-19H2,1-2H3. The summed E-state index contributed by atoms with van der Waals surface area (Å²) in [5.41, 5.74) is 4.40. The van der Waals surface area contributed by atoms with Crippen molar-refractivity contribution in [3.63, 3.8) is 0 Å². The van der Waals surface area contributed by atoms with Gasteiger partial charge in [-0.05, 0) is 29.3 Å². The molecule has 30 heavy (non-hydrogen) atoms. The molecule has 1 aliphatic heterocycles. The molecule has 1 amide bonds. The fraction of sp³-hybridized carbons (Fsp3) is 0.269. The third-order valence-corrected chi connectivity index (χ3v) is 5.81. The fourth-order valence-electron chi connectivity index (χ4n) is 4.17. The Hall–Kier alpha value is -3.11. The third kappa shape index (κ3) is 4.39. The molecule has 1 aliphatic rings. The Morgan fingerprint density at radius 2 is 1.33 bits per heavy atom. The first-order valence-electron chi connectivity index (χ1n) is 10.5. The number of nitrogens with zero attached hydrogens (tertiary/aromatic N) is 3. The van der Waals surface area contributed by atoms with Gasteiger partial charge in [-0.3, -0.25) is 9.69 Å². The van der Waals surface area contributed by atoms with Crippen LogP contribution in [0.25, 0.3) is 0 Å². The Labute approximate surface area is 179 Å². The maximum Gasteiger partial charge on any atom is 0.254 e. The number of hydrogen-bond donors (Lipinski definition) is 0. The smallest absolute Gasteiger partial charge is 0.254 e. The summed E-state index contributed by atoms with van der Waals surface area (Å²) in [4.78, 5) is 19.6. The first-order chi connectivity index (χ1) is 14.6. The fourth-order valence-corrected chi connectivity index (χ4v) is 4.17. The van der Waals surface area contributed by atoms with Crippen molar-refractivity contribution in [3.05, 3.63) is 102 Å². The molecule has 0 bridgehead atoms. The van der Waals surface area contributed by atoms with Gasteiger partial charge >= 0.3 is 0 Å². The number of anilines is 1. The number of amides is 1. The molecule has 4 rings (SSSR count). The zero-order valence-corrected chi connectivity index (χ0v) is 17.7. The van der Waals surface area contributed by atoms with Gasteiger partial charge in [0, 0.05) is 51.5 Å². The average molecular weight is 400 g/mol. The van der Waals surface area contributed by atoms with E-state index in [1.54, 1.807) is 0 Å². The van der Waals surface area contributed by atoms with Crippen molar-refractivity contribution in [2.45, 2.75) is 6.04 Å². The van der Waals surface area contributed by atoms with Crippen LogP contribution in [0.5, 0.6) is 0 Å². The van der Waals surface area contributed by atoms with E-state index in [1.807, 2.05) is 48.2 Å². The number of piperazine rings is 1. The highest BCUT2D eigenvalue weighted by Crippen LogP contribution is 2.29. The lowest BCUT2D eigenvalue weighted by molar-refractivity contribution is 0.0597. The zero-order chi connectivity index (χ0) is 20.9. The Kier molecular flexibility index (Phi) is 6.15. The summed E-state index contributed by atoms with van der Waals surface area (Å²) in [6.45, 7) is 3.18. The SMILES string of the molecule is CN(C)c1cccc(C(=O)N2CCN(C(c3ccccc3)c3ccccc3)CC2)c1. The highest BCUT2D eigenvalue weighted by Gasteiger charge is 2.28. The number of rotatable bonds is 5. The Bertz CT molecular complexity index is 924. The second-order valence-electron chi connectivity index (χ2n) is 8.00. The molecule has 0 spiro atoms. The van der Waals surface area contributed by atoms with Crippen molar-refractivity contribution in [2.24, 2.45) is 0 Å². The molecule has 1 heterocycles. The summed E-state index contributed by atoms with van der Waals surface area (Å²) < 4.78 is 0. The lowest BCUT2D eigenvalue weighted by Crippen LogP contribution is -2.49. The van der Waals surface area contributed by atoms with Crippen molar-refractivity contribution >= 4 is 11.6 Å². The van der Waals surface area contributed by atoms with Gasteiger partial charge in [0.2, 0.25) is 0 Å². The van der Waals surface area contributed by atoms with Crippen LogP contribution >= 0.6 is 0 Å². The molecule has 154 valence electrons. The minimum Gasteiger partial charge on any atom is -0.378 e. The van der Waals surface area contributed by atoms with Crippen LogP contribution in [0, 0.1) is 0 Å². The minimum absolute atomic E-state index is 0.120. The van der Waals surface area contributed by atoms with Crippen LogP contribution in [-0.2, 0) is 0 Å². The Morgan fingerprint density at radius 3 is 1.87 bits per heavy atom. The van der Waals surface area contributed by atoms with E-state index in [4.69, 9.17) is 0 Å². The normalized spacial score (nSPS) is 14.7. The lowest BCUT2D eigenvalue weighted by atomic mass is 9.96. The van der Waals surface area contributed by atoms with Gasteiger partial charge in [0.25, 0.3) is 5.91 Å². The number of benzene rings is 3. The summed E-state index contributed by atoms with van der Waals surface area (Å²) in [5.74, 6) is 0.120. The molecular formula is C26H29N3O. The molecule has 4 nitrogen and oxygen atoms in total. The van der Waals surface area contributed by atoms with Gasteiger partial charge in [-0.25, -0.2) is 0 Å². The van der Waals surface area contributed by atoms with Gasteiger partial charge < -0.3 is 9.80 Å². The molecule has 3 aromatic rings. The average Bonchev–Trinajstić information content (AvgIpc) is 2.81. The topological polar surface area (TPSA) is 26.8 Å². The predicted octanol–water partition coefficient (Wildman–Crippen LogP) is 4.30. The van der Waals surface area contributed by atoms with Gasteiger partial charge in [0.15, 0.2) is 0 Å². The van der Waals surface area contributed by atoms with Crippen LogP contribution in [0.1, 0.15) is 27.5 Å². The van der Waals surface area contributed by atoms with Gasteiger partial charge in [0.1, 0.15) is 0 Å². The Morgan fingerprint density at radius 1 is 0.767 bits per heavy atom. The lowest BCUT2D eigenvalue weighted by Gasteiger charge is -2.40.